The van der Waals surface area contributed by atoms with Crippen LogP contribution in [0, 0.1) is 6.92 Å². The largest absolute Gasteiger partial charge is 0.336 e. The first-order chi connectivity index (χ1) is 8.08. The second-order valence-corrected chi connectivity index (χ2v) is 5.71. The number of carbonyl (C=O) groups is 1. The summed E-state index contributed by atoms with van der Waals surface area (Å²) in [6, 6.07) is 2.02. The van der Waals surface area contributed by atoms with Crippen LogP contribution in [0.2, 0.25) is 0 Å². The quantitative estimate of drug-likeness (QED) is 0.947. The second-order valence-electron chi connectivity index (χ2n) is 3.80. The van der Waals surface area contributed by atoms with Crippen molar-refractivity contribution in [1.82, 2.24) is 15.1 Å². The summed E-state index contributed by atoms with van der Waals surface area (Å²) in [5, 5.41) is 8.64. The number of hydrogen-bond donors (Lipinski definition) is 1. The standard InChI is InChI=1S/C11H12BrN3OS/c1-7-10(4-13-14-7)11(16)15(2)5-9-3-8(12)6-17-9/h3-4,6H,5H2,1-2H3,(H,13,14). The van der Waals surface area contributed by atoms with Gasteiger partial charge in [0, 0.05) is 27.5 Å². The van der Waals surface area contributed by atoms with Gasteiger partial charge in [-0.05, 0) is 28.9 Å². The van der Waals surface area contributed by atoms with Crippen LogP contribution in [-0.4, -0.2) is 28.1 Å². The summed E-state index contributed by atoms with van der Waals surface area (Å²) < 4.78 is 1.05. The van der Waals surface area contributed by atoms with Crippen molar-refractivity contribution in [3.05, 3.63) is 38.3 Å². The molecule has 1 N–H and O–H groups in total. The molecule has 17 heavy (non-hydrogen) atoms. The number of aromatic amines is 1. The Kier molecular flexibility index (Phi) is 3.63. The van der Waals surface area contributed by atoms with Crippen LogP contribution in [0.15, 0.2) is 22.1 Å². The van der Waals surface area contributed by atoms with Gasteiger partial charge in [-0.25, -0.2) is 0 Å². The summed E-state index contributed by atoms with van der Waals surface area (Å²) in [6.07, 6.45) is 1.57. The molecular weight excluding hydrogens is 302 g/mol. The summed E-state index contributed by atoms with van der Waals surface area (Å²) >= 11 is 5.03. The first kappa shape index (κ1) is 12.3. The highest BCUT2D eigenvalue weighted by molar-refractivity contribution is 9.10. The van der Waals surface area contributed by atoms with E-state index in [4.69, 9.17) is 0 Å². The van der Waals surface area contributed by atoms with Gasteiger partial charge in [-0.15, -0.1) is 11.3 Å². The predicted octanol–water partition coefficient (Wildman–Crippen LogP) is 2.81. The number of amides is 1. The second kappa shape index (κ2) is 5.01. The van der Waals surface area contributed by atoms with E-state index in [0.29, 0.717) is 12.1 Å². The SMILES string of the molecule is Cc1[nH]ncc1C(=O)N(C)Cc1cc(Br)cs1. The van der Waals surface area contributed by atoms with Gasteiger partial charge < -0.3 is 4.90 Å². The molecule has 0 bridgehead atoms. The van der Waals surface area contributed by atoms with Crippen LogP contribution in [0.1, 0.15) is 20.9 Å². The summed E-state index contributed by atoms with van der Waals surface area (Å²) in [5.41, 5.74) is 1.43. The van der Waals surface area contributed by atoms with E-state index >= 15 is 0 Å². The van der Waals surface area contributed by atoms with E-state index in [0.717, 1.165) is 15.0 Å². The molecule has 0 fully saturated rings. The summed E-state index contributed by atoms with van der Waals surface area (Å²) in [6.45, 7) is 2.45. The van der Waals surface area contributed by atoms with Crippen LogP contribution in [0.3, 0.4) is 0 Å². The Morgan fingerprint density at radius 2 is 2.41 bits per heavy atom. The van der Waals surface area contributed by atoms with Crippen molar-refractivity contribution >= 4 is 33.2 Å². The van der Waals surface area contributed by atoms with E-state index in [1.807, 2.05) is 18.4 Å². The van der Waals surface area contributed by atoms with Gasteiger partial charge in [0.15, 0.2) is 0 Å². The van der Waals surface area contributed by atoms with Crippen molar-refractivity contribution < 1.29 is 4.79 Å². The van der Waals surface area contributed by atoms with E-state index in [-0.39, 0.29) is 5.91 Å². The molecule has 6 heteroatoms. The number of H-pyrrole nitrogens is 1. The van der Waals surface area contributed by atoms with E-state index in [2.05, 4.69) is 26.1 Å². The lowest BCUT2D eigenvalue weighted by molar-refractivity contribution is 0.0786. The Morgan fingerprint density at radius 1 is 1.65 bits per heavy atom. The molecule has 0 spiro atoms. The maximum Gasteiger partial charge on any atom is 0.257 e. The Balaban J connectivity index is 2.08. The molecule has 0 radical (unpaired) electrons. The van der Waals surface area contributed by atoms with Crippen LogP contribution < -0.4 is 0 Å². The topological polar surface area (TPSA) is 49.0 Å². The van der Waals surface area contributed by atoms with Crippen molar-refractivity contribution in [1.29, 1.82) is 0 Å². The minimum absolute atomic E-state index is 0.0132. The third-order valence-electron chi connectivity index (χ3n) is 2.42. The van der Waals surface area contributed by atoms with Crippen molar-refractivity contribution in [3.8, 4) is 0 Å². The van der Waals surface area contributed by atoms with Gasteiger partial charge in [-0.3, -0.25) is 9.89 Å². The molecule has 2 heterocycles. The smallest absolute Gasteiger partial charge is 0.257 e. The van der Waals surface area contributed by atoms with Crippen LogP contribution in [0.4, 0.5) is 0 Å². The minimum Gasteiger partial charge on any atom is -0.336 e. The lowest BCUT2D eigenvalue weighted by atomic mass is 10.2. The maximum atomic E-state index is 12.1. The average molecular weight is 314 g/mol. The lowest BCUT2D eigenvalue weighted by Gasteiger charge is -2.15. The Hall–Kier alpha value is -1.14. The van der Waals surface area contributed by atoms with Gasteiger partial charge in [-0.2, -0.15) is 5.10 Å². The highest BCUT2D eigenvalue weighted by atomic mass is 79.9. The monoisotopic (exact) mass is 313 g/mol. The number of thiophene rings is 1. The highest BCUT2D eigenvalue weighted by Gasteiger charge is 2.16. The molecule has 0 saturated carbocycles. The minimum atomic E-state index is -0.0132. The number of halogens is 1. The molecule has 0 unspecified atom stereocenters. The zero-order valence-electron chi connectivity index (χ0n) is 9.53. The Morgan fingerprint density at radius 3 is 2.94 bits per heavy atom. The van der Waals surface area contributed by atoms with Crippen molar-refractivity contribution in [2.75, 3.05) is 7.05 Å². The van der Waals surface area contributed by atoms with E-state index in [9.17, 15) is 4.79 Å². The van der Waals surface area contributed by atoms with E-state index in [1.54, 1.807) is 29.5 Å². The van der Waals surface area contributed by atoms with Crippen molar-refractivity contribution in [2.45, 2.75) is 13.5 Å². The van der Waals surface area contributed by atoms with Crippen molar-refractivity contribution in [3.63, 3.8) is 0 Å². The van der Waals surface area contributed by atoms with Gasteiger partial charge in [0.1, 0.15) is 0 Å². The molecule has 0 saturated heterocycles. The number of hydrogen-bond acceptors (Lipinski definition) is 3. The third kappa shape index (κ3) is 2.76. The molecule has 0 aromatic carbocycles. The van der Waals surface area contributed by atoms with Crippen LogP contribution in [0.5, 0.6) is 0 Å². The Bertz CT molecular complexity index is 534. The molecule has 0 aliphatic rings. The van der Waals surface area contributed by atoms with Crippen LogP contribution >= 0.6 is 27.3 Å². The molecule has 0 aliphatic heterocycles. The molecule has 90 valence electrons. The molecule has 4 nitrogen and oxygen atoms in total. The number of nitrogens with zero attached hydrogens (tertiary/aromatic N) is 2. The number of nitrogens with one attached hydrogen (secondary N) is 1. The number of aryl methyl sites for hydroxylation is 1. The first-order valence-corrected chi connectivity index (χ1v) is 6.73. The Labute approximate surface area is 112 Å². The van der Waals surface area contributed by atoms with Gasteiger partial charge >= 0.3 is 0 Å². The number of rotatable bonds is 3. The van der Waals surface area contributed by atoms with Gasteiger partial charge in [0.2, 0.25) is 0 Å². The van der Waals surface area contributed by atoms with Crippen LogP contribution in [0.25, 0.3) is 0 Å². The fourth-order valence-electron chi connectivity index (χ4n) is 1.51. The maximum absolute atomic E-state index is 12.1. The molecular formula is C11H12BrN3OS. The summed E-state index contributed by atoms with van der Waals surface area (Å²) in [7, 11) is 1.79. The first-order valence-electron chi connectivity index (χ1n) is 5.06. The molecule has 2 aromatic heterocycles. The van der Waals surface area contributed by atoms with Crippen molar-refractivity contribution in [2.24, 2.45) is 0 Å². The lowest BCUT2D eigenvalue weighted by Crippen LogP contribution is -2.26. The fraction of sp³-hybridized carbons (Fsp3) is 0.273. The summed E-state index contributed by atoms with van der Waals surface area (Å²) in [4.78, 5) is 14.9. The highest BCUT2D eigenvalue weighted by Crippen LogP contribution is 2.21. The van der Waals surface area contributed by atoms with E-state index < -0.39 is 0 Å². The molecule has 2 aromatic rings. The molecule has 0 atom stereocenters. The normalized spacial score (nSPS) is 10.5. The molecule has 0 aliphatic carbocycles. The molecule has 1 amide bonds. The van der Waals surface area contributed by atoms with Gasteiger partial charge in [0.05, 0.1) is 18.3 Å². The third-order valence-corrected chi connectivity index (χ3v) is 4.10. The van der Waals surface area contributed by atoms with E-state index in [1.165, 1.54) is 0 Å². The van der Waals surface area contributed by atoms with Crippen LogP contribution in [-0.2, 0) is 6.54 Å². The zero-order valence-corrected chi connectivity index (χ0v) is 11.9. The zero-order chi connectivity index (χ0) is 12.4. The molecule has 2 rings (SSSR count). The number of carbonyl (C=O) groups excluding carboxylic acids is 1. The van der Waals surface area contributed by atoms with Gasteiger partial charge in [-0.1, -0.05) is 0 Å². The predicted molar refractivity (Wildman–Crippen MR) is 71.1 cm³/mol. The average Bonchev–Trinajstić information content (AvgIpc) is 2.86. The fourth-order valence-corrected chi connectivity index (χ4v) is 3.02. The van der Waals surface area contributed by atoms with Gasteiger partial charge in [0.25, 0.3) is 5.91 Å². The number of aromatic nitrogens is 2. The summed E-state index contributed by atoms with van der Waals surface area (Å²) in [5.74, 6) is -0.0132.